The Labute approximate surface area is 182 Å². The maximum Gasteiger partial charge on any atom is 0.253 e. The highest BCUT2D eigenvalue weighted by atomic mass is 16.2. The molecule has 6 nitrogen and oxygen atoms in total. The van der Waals surface area contributed by atoms with Gasteiger partial charge < -0.3 is 15.2 Å². The Kier molecular flexibility index (Phi) is 6.18. The van der Waals surface area contributed by atoms with Crippen LogP contribution in [0.15, 0.2) is 66.9 Å². The highest BCUT2D eigenvalue weighted by molar-refractivity contribution is 6.04. The van der Waals surface area contributed by atoms with Crippen molar-refractivity contribution in [2.75, 3.05) is 18.4 Å². The van der Waals surface area contributed by atoms with Crippen molar-refractivity contribution in [2.24, 2.45) is 0 Å². The topological polar surface area (TPSA) is 66.4 Å². The summed E-state index contributed by atoms with van der Waals surface area (Å²) in [7, 11) is 0. The number of rotatable bonds is 6. The second-order valence-electron chi connectivity index (χ2n) is 8.03. The lowest BCUT2D eigenvalue weighted by molar-refractivity contribution is -0.118. The first-order chi connectivity index (χ1) is 15.0. The number of fused-ring (bicyclic) bond motifs is 1. The van der Waals surface area contributed by atoms with Crippen molar-refractivity contribution in [3.05, 3.63) is 89.2 Å². The van der Waals surface area contributed by atoms with E-state index in [1.54, 1.807) is 18.2 Å². The van der Waals surface area contributed by atoms with E-state index in [2.05, 4.69) is 39.3 Å². The van der Waals surface area contributed by atoms with E-state index in [0.717, 1.165) is 18.7 Å². The number of nitrogens with one attached hydrogen (secondary N) is 2. The molecule has 2 N–H and O–H groups in total. The Morgan fingerprint density at radius 1 is 1.00 bits per heavy atom. The molecule has 1 aliphatic heterocycles. The minimum Gasteiger partial charge on any atom is -0.349 e. The summed E-state index contributed by atoms with van der Waals surface area (Å²) in [4.78, 5) is 27.7. The van der Waals surface area contributed by atoms with E-state index in [1.807, 2.05) is 43.3 Å². The molecule has 1 aromatic heterocycles. The van der Waals surface area contributed by atoms with Crippen LogP contribution in [0.3, 0.4) is 0 Å². The molecular formula is C25H28N4O2. The lowest BCUT2D eigenvalue weighted by atomic mass is 10.1. The summed E-state index contributed by atoms with van der Waals surface area (Å²) in [6.45, 7) is 6.55. The SMILES string of the molecule is Cc1ccc(CNC(=O)c2ccccc2NC(=O)CN2CCn3cccc3[C@@H]2C)cc1. The molecule has 31 heavy (non-hydrogen) atoms. The molecule has 2 aromatic carbocycles. The number of benzene rings is 2. The third-order valence-corrected chi connectivity index (χ3v) is 5.83. The van der Waals surface area contributed by atoms with E-state index in [1.165, 1.54) is 11.3 Å². The lowest BCUT2D eigenvalue weighted by Crippen LogP contribution is -2.41. The van der Waals surface area contributed by atoms with Gasteiger partial charge in [-0.05, 0) is 43.7 Å². The van der Waals surface area contributed by atoms with Crippen molar-refractivity contribution in [3.8, 4) is 0 Å². The molecule has 3 aromatic rings. The number of carbonyl (C=O) groups excluding carboxylic acids is 2. The average molecular weight is 417 g/mol. The molecule has 4 rings (SSSR count). The number of aromatic nitrogens is 1. The number of amides is 2. The van der Waals surface area contributed by atoms with Crippen molar-refractivity contribution >= 4 is 17.5 Å². The van der Waals surface area contributed by atoms with E-state index in [-0.39, 0.29) is 24.4 Å². The molecule has 2 amide bonds. The standard InChI is InChI=1S/C25H28N4O2/c1-18-9-11-20(12-10-18)16-26-25(31)21-6-3-4-7-22(21)27-24(30)17-29-15-14-28-13-5-8-23(28)19(29)2/h3-13,19H,14-17H2,1-2H3,(H,26,31)(H,27,30)/t19-/m0/s1. The zero-order valence-electron chi connectivity index (χ0n) is 18.0. The largest absolute Gasteiger partial charge is 0.349 e. The van der Waals surface area contributed by atoms with E-state index in [4.69, 9.17) is 0 Å². The van der Waals surface area contributed by atoms with Crippen molar-refractivity contribution in [1.29, 1.82) is 0 Å². The summed E-state index contributed by atoms with van der Waals surface area (Å²) in [5, 5.41) is 5.88. The average Bonchev–Trinajstić information content (AvgIpc) is 3.25. The number of aryl methyl sites for hydroxylation is 1. The maximum absolute atomic E-state index is 12.8. The fourth-order valence-electron chi connectivity index (χ4n) is 3.99. The van der Waals surface area contributed by atoms with Gasteiger partial charge in [-0.1, -0.05) is 42.0 Å². The lowest BCUT2D eigenvalue weighted by Gasteiger charge is -2.34. The zero-order valence-corrected chi connectivity index (χ0v) is 18.0. The number of hydrogen-bond donors (Lipinski definition) is 2. The van der Waals surface area contributed by atoms with Crippen LogP contribution in [0.2, 0.25) is 0 Å². The monoisotopic (exact) mass is 416 g/mol. The Morgan fingerprint density at radius 2 is 1.77 bits per heavy atom. The third-order valence-electron chi connectivity index (χ3n) is 5.83. The first-order valence-corrected chi connectivity index (χ1v) is 10.6. The summed E-state index contributed by atoms with van der Waals surface area (Å²) in [5.74, 6) is -0.328. The number of nitrogens with zero attached hydrogens (tertiary/aromatic N) is 2. The van der Waals surface area contributed by atoms with Crippen LogP contribution in [0.4, 0.5) is 5.69 Å². The number of para-hydroxylation sites is 1. The zero-order chi connectivity index (χ0) is 21.8. The summed E-state index contributed by atoms with van der Waals surface area (Å²) < 4.78 is 2.23. The fraction of sp³-hybridized carbons (Fsp3) is 0.280. The molecule has 0 aliphatic carbocycles. The highest BCUT2D eigenvalue weighted by Crippen LogP contribution is 2.25. The van der Waals surface area contributed by atoms with Crippen molar-refractivity contribution < 1.29 is 9.59 Å². The van der Waals surface area contributed by atoms with Crippen LogP contribution in [0.25, 0.3) is 0 Å². The van der Waals surface area contributed by atoms with Gasteiger partial charge in [-0.2, -0.15) is 0 Å². The van der Waals surface area contributed by atoms with Crippen LogP contribution in [0, 0.1) is 6.92 Å². The van der Waals surface area contributed by atoms with Gasteiger partial charge in [-0.15, -0.1) is 0 Å². The molecule has 2 heterocycles. The molecule has 0 unspecified atom stereocenters. The quantitative estimate of drug-likeness (QED) is 0.643. The predicted octanol–water partition coefficient (Wildman–Crippen LogP) is 3.74. The van der Waals surface area contributed by atoms with Gasteiger partial charge in [0.1, 0.15) is 0 Å². The maximum atomic E-state index is 12.8. The first-order valence-electron chi connectivity index (χ1n) is 10.6. The van der Waals surface area contributed by atoms with Crippen LogP contribution in [-0.4, -0.2) is 34.4 Å². The van der Waals surface area contributed by atoms with Crippen LogP contribution >= 0.6 is 0 Å². The van der Waals surface area contributed by atoms with Crippen molar-refractivity contribution in [1.82, 2.24) is 14.8 Å². The molecule has 0 spiro atoms. The van der Waals surface area contributed by atoms with Crippen molar-refractivity contribution in [2.45, 2.75) is 33.0 Å². The fourth-order valence-corrected chi connectivity index (χ4v) is 3.99. The van der Waals surface area contributed by atoms with E-state index >= 15 is 0 Å². The number of carbonyl (C=O) groups is 2. The van der Waals surface area contributed by atoms with Gasteiger partial charge in [0.2, 0.25) is 5.91 Å². The van der Waals surface area contributed by atoms with Crippen LogP contribution < -0.4 is 10.6 Å². The molecular weight excluding hydrogens is 388 g/mol. The Hall–Kier alpha value is -3.38. The minimum absolute atomic E-state index is 0.120. The van der Waals surface area contributed by atoms with Crippen LogP contribution in [-0.2, 0) is 17.9 Å². The van der Waals surface area contributed by atoms with Gasteiger partial charge in [0.15, 0.2) is 0 Å². The second-order valence-corrected chi connectivity index (χ2v) is 8.03. The third kappa shape index (κ3) is 4.86. The van der Waals surface area contributed by atoms with Gasteiger partial charge >= 0.3 is 0 Å². The first kappa shape index (κ1) is 20.9. The van der Waals surface area contributed by atoms with Gasteiger partial charge in [-0.25, -0.2) is 0 Å². The summed E-state index contributed by atoms with van der Waals surface area (Å²) in [6.07, 6.45) is 2.08. The van der Waals surface area contributed by atoms with Crippen LogP contribution in [0.5, 0.6) is 0 Å². The summed E-state index contributed by atoms with van der Waals surface area (Å²) >= 11 is 0. The Bertz CT molecular complexity index is 1070. The molecule has 0 fully saturated rings. The molecule has 1 aliphatic rings. The highest BCUT2D eigenvalue weighted by Gasteiger charge is 2.25. The van der Waals surface area contributed by atoms with Crippen molar-refractivity contribution in [3.63, 3.8) is 0 Å². The Balaban J connectivity index is 1.38. The van der Waals surface area contributed by atoms with E-state index in [0.29, 0.717) is 17.8 Å². The van der Waals surface area contributed by atoms with Crippen LogP contribution in [0.1, 0.15) is 40.1 Å². The van der Waals surface area contributed by atoms with Gasteiger partial charge in [-0.3, -0.25) is 14.5 Å². The molecule has 160 valence electrons. The predicted molar refractivity (Wildman–Crippen MR) is 122 cm³/mol. The molecule has 0 radical (unpaired) electrons. The smallest absolute Gasteiger partial charge is 0.253 e. The molecule has 0 saturated heterocycles. The summed E-state index contributed by atoms with van der Waals surface area (Å²) in [5.41, 5.74) is 4.42. The van der Waals surface area contributed by atoms with Gasteiger partial charge in [0.25, 0.3) is 5.91 Å². The van der Waals surface area contributed by atoms with Gasteiger partial charge in [0.05, 0.1) is 17.8 Å². The van der Waals surface area contributed by atoms with Gasteiger partial charge in [0, 0.05) is 37.6 Å². The molecule has 6 heteroatoms. The number of hydrogen-bond acceptors (Lipinski definition) is 3. The molecule has 1 atom stereocenters. The normalized spacial score (nSPS) is 15.9. The van der Waals surface area contributed by atoms with E-state index in [9.17, 15) is 9.59 Å². The van der Waals surface area contributed by atoms with E-state index < -0.39 is 0 Å². The minimum atomic E-state index is -0.208. The number of anilines is 1. The summed E-state index contributed by atoms with van der Waals surface area (Å²) in [6, 6.07) is 19.5. The molecule has 0 saturated carbocycles. The second kappa shape index (κ2) is 9.18. The molecule has 0 bridgehead atoms. The Morgan fingerprint density at radius 3 is 2.58 bits per heavy atom.